The van der Waals surface area contributed by atoms with Crippen LogP contribution in [-0.2, 0) is 0 Å². The van der Waals surface area contributed by atoms with Gasteiger partial charge in [-0.1, -0.05) is 29.4 Å². The molecule has 1 rings (SSSR count). The van der Waals surface area contributed by atoms with Gasteiger partial charge in [0, 0.05) is 6.54 Å². The molecule has 3 N–H and O–H groups in total. The molecule has 0 aromatic carbocycles. The third-order valence-electron chi connectivity index (χ3n) is 1.61. The lowest BCUT2D eigenvalue weighted by Crippen LogP contribution is -2.39. The Bertz CT molecular complexity index is 412. The van der Waals surface area contributed by atoms with Crippen LogP contribution in [0.3, 0.4) is 0 Å². The predicted octanol–water partition coefficient (Wildman–Crippen LogP) is 1.83. The molecule has 0 amide bonds. The summed E-state index contributed by atoms with van der Waals surface area (Å²) in [6.07, 6.45) is 5.12. The van der Waals surface area contributed by atoms with E-state index in [9.17, 15) is 0 Å². The molecular formula is C9H12ClN5S2. The van der Waals surface area contributed by atoms with Crippen molar-refractivity contribution in [3.63, 3.8) is 0 Å². The maximum Gasteiger partial charge on any atom is 0.189 e. The highest BCUT2D eigenvalue weighted by atomic mass is 35.5. The Hall–Kier alpha value is -1.05. The van der Waals surface area contributed by atoms with Crippen LogP contribution in [0.1, 0.15) is 0 Å². The predicted molar refractivity (Wildman–Crippen MR) is 76.4 cm³/mol. The largest absolute Gasteiger partial charge is 0.358 e. The maximum absolute atomic E-state index is 5.92. The van der Waals surface area contributed by atoms with Gasteiger partial charge in [-0.2, -0.15) is 0 Å². The molecule has 8 heteroatoms. The monoisotopic (exact) mass is 289 g/mol. The van der Waals surface area contributed by atoms with Crippen LogP contribution in [-0.4, -0.2) is 27.9 Å². The van der Waals surface area contributed by atoms with Crippen molar-refractivity contribution in [3.8, 4) is 0 Å². The molecule has 0 aliphatic rings. The van der Waals surface area contributed by atoms with Gasteiger partial charge in [-0.3, -0.25) is 10.9 Å². The summed E-state index contributed by atoms with van der Waals surface area (Å²) in [5, 5.41) is 4.38. The van der Waals surface area contributed by atoms with Crippen LogP contribution < -0.4 is 16.2 Å². The molecule has 0 unspecified atom stereocenters. The third kappa shape index (κ3) is 4.76. The molecule has 17 heavy (non-hydrogen) atoms. The third-order valence-corrected chi connectivity index (χ3v) is 2.69. The molecule has 5 nitrogen and oxygen atoms in total. The van der Waals surface area contributed by atoms with Crippen molar-refractivity contribution in [2.45, 2.75) is 5.16 Å². The maximum atomic E-state index is 5.92. The van der Waals surface area contributed by atoms with E-state index in [4.69, 9.17) is 23.8 Å². The van der Waals surface area contributed by atoms with E-state index in [1.807, 2.05) is 6.26 Å². The highest BCUT2D eigenvalue weighted by Crippen LogP contribution is 2.19. The fourth-order valence-electron chi connectivity index (χ4n) is 0.862. The number of nitrogens with zero attached hydrogens (tertiary/aromatic N) is 2. The minimum Gasteiger partial charge on any atom is -0.358 e. The number of anilines is 1. The molecule has 0 aliphatic carbocycles. The van der Waals surface area contributed by atoms with Gasteiger partial charge in [0.15, 0.2) is 16.1 Å². The zero-order chi connectivity index (χ0) is 12.7. The summed E-state index contributed by atoms with van der Waals surface area (Å²) in [6.45, 7) is 4.16. The molecule has 92 valence electrons. The van der Waals surface area contributed by atoms with Crippen molar-refractivity contribution < 1.29 is 0 Å². The molecule has 0 radical (unpaired) electrons. The normalized spacial score (nSPS) is 9.53. The van der Waals surface area contributed by atoms with Gasteiger partial charge in [0.2, 0.25) is 0 Å². The number of thiocarbonyl (C=S) groups is 1. The minimum absolute atomic E-state index is 0.418. The number of hydrazine groups is 1. The standard InChI is InChI=1S/C9H12ClN5S2/c1-3-4-11-8(16)15-14-7-6(10)5-12-9(13-7)17-2/h3,5H,1,4H2,2H3,(H2,11,15,16)(H,12,13,14). The minimum atomic E-state index is 0.418. The Morgan fingerprint density at radius 1 is 1.71 bits per heavy atom. The highest BCUT2D eigenvalue weighted by Gasteiger charge is 2.04. The molecule has 0 aliphatic heterocycles. The second-order valence-electron chi connectivity index (χ2n) is 2.80. The molecule has 1 aromatic heterocycles. The molecule has 0 spiro atoms. The van der Waals surface area contributed by atoms with Crippen LogP contribution in [0, 0.1) is 0 Å². The Morgan fingerprint density at radius 2 is 2.47 bits per heavy atom. The Kier molecular flexibility index (Phi) is 6.03. The van der Waals surface area contributed by atoms with E-state index < -0.39 is 0 Å². The van der Waals surface area contributed by atoms with E-state index in [1.54, 1.807) is 6.08 Å². The summed E-state index contributed by atoms with van der Waals surface area (Å²) < 4.78 is 0. The molecule has 1 aromatic rings. The van der Waals surface area contributed by atoms with Gasteiger partial charge in [-0.25, -0.2) is 9.97 Å². The zero-order valence-corrected chi connectivity index (χ0v) is 11.5. The van der Waals surface area contributed by atoms with E-state index in [1.165, 1.54) is 18.0 Å². The molecule has 0 saturated heterocycles. The fraction of sp³-hybridized carbons (Fsp3) is 0.222. The lowest BCUT2D eigenvalue weighted by Gasteiger charge is -2.11. The fourth-order valence-corrected chi connectivity index (χ4v) is 1.48. The van der Waals surface area contributed by atoms with Crippen LogP contribution in [0.2, 0.25) is 5.02 Å². The summed E-state index contributed by atoms with van der Waals surface area (Å²) >= 11 is 12.4. The lowest BCUT2D eigenvalue weighted by molar-refractivity contribution is 0.929. The Balaban J connectivity index is 2.56. The van der Waals surface area contributed by atoms with Crippen molar-refractivity contribution in [3.05, 3.63) is 23.9 Å². The number of hydrogen-bond acceptors (Lipinski definition) is 5. The number of nitrogens with one attached hydrogen (secondary N) is 3. The number of thioether (sulfide) groups is 1. The van der Waals surface area contributed by atoms with Crippen LogP contribution in [0.5, 0.6) is 0 Å². The quantitative estimate of drug-likeness (QED) is 0.251. The van der Waals surface area contributed by atoms with Gasteiger partial charge in [-0.05, 0) is 18.5 Å². The van der Waals surface area contributed by atoms with Gasteiger partial charge in [0.1, 0.15) is 5.02 Å². The summed E-state index contributed by atoms with van der Waals surface area (Å²) in [4.78, 5) is 8.21. The molecule has 0 saturated carbocycles. The first-order chi connectivity index (χ1) is 8.17. The Morgan fingerprint density at radius 3 is 3.12 bits per heavy atom. The number of rotatable bonds is 5. The van der Waals surface area contributed by atoms with Gasteiger partial charge >= 0.3 is 0 Å². The van der Waals surface area contributed by atoms with Crippen molar-refractivity contribution in [2.75, 3.05) is 18.2 Å². The van der Waals surface area contributed by atoms with Crippen molar-refractivity contribution in [1.82, 2.24) is 20.7 Å². The van der Waals surface area contributed by atoms with Crippen LogP contribution in [0.4, 0.5) is 5.82 Å². The number of hydrogen-bond donors (Lipinski definition) is 3. The topological polar surface area (TPSA) is 61.9 Å². The molecule has 0 atom stereocenters. The van der Waals surface area contributed by atoms with E-state index >= 15 is 0 Å². The van der Waals surface area contributed by atoms with Crippen molar-refractivity contribution >= 4 is 46.5 Å². The van der Waals surface area contributed by atoms with Crippen LogP contribution in [0.15, 0.2) is 24.0 Å². The van der Waals surface area contributed by atoms with Crippen LogP contribution in [0.25, 0.3) is 0 Å². The smallest absolute Gasteiger partial charge is 0.189 e. The van der Waals surface area contributed by atoms with Gasteiger partial charge in [0.25, 0.3) is 0 Å². The zero-order valence-electron chi connectivity index (χ0n) is 9.16. The van der Waals surface area contributed by atoms with Crippen LogP contribution >= 0.6 is 35.6 Å². The van der Waals surface area contributed by atoms with Crippen molar-refractivity contribution in [1.29, 1.82) is 0 Å². The number of halogens is 1. The first kappa shape index (κ1) is 14.0. The van der Waals surface area contributed by atoms with Crippen molar-refractivity contribution in [2.24, 2.45) is 0 Å². The molecule has 1 heterocycles. The SMILES string of the molecule is C=CCNC(=S)NNc1nc(SC)ncc1Cl. The molecule has 0 bridgehead atoms. The van der Waals surface area contributed by atoms with E-state index in [0.717, 1.165) is 0 Å². The number of aromatic nitrogens is 2. The summed E-state index contributed by atoms with van der Waals surface area (Å²) in [7, 11) is 0. The Labute approximate surface area is 114 Å². The summed E-state index contributed by atoms with van der Waals surface area (Å²) in [5.74, 6) is 0.480. The average Bonchev–Trinajstić information content (AvgIpc) is 2.35. The lowest BCUT2D eigenvalue weighted by atomic mass is 10.6. The summed E-state index contributed by atoms with van der Waals surface area (Å²) in [5.41, 5.74) is 5.58. The highest BCUT2D eigenvalue weighted by molar-refractivity contribution is 7.98. The molecule has 0 fully saturated rings. The second kappa shape index (κ2) is 7.31. The molecular weight excluding hydrogens is 278 g/mol. The first-order valence-electron chi connectivity index (χ1n) is 4.64. The second-order valence-corrected chi connectivity index (χ2v) is 4.39. The van der Waals surface area contributed by atoms with Gasteiger partial charge in [-0.15, -0.1) is 6.58 Å². The first-order valence-corrected chi connectivity index (χ1v) is 6.65. The average molecular weight is 290 g/mol. The van der Waals surface area contributed by atoms with Gasteiger partial charge < -0.3 is 5.32 Å². The van der Waals surface area contributed by atoms with E-state index in [-0.39, 0.29) is 0 Å². The summed E-state index contributed by atoms with van der Waals surface area (Å²) in [6, 6.07) is 0. The van der Waals surface area contributed by atoms with E-state index in [0.29, 0.717) is 27.7 Å². The van der Waals surface area contributed by atoms with E-state index in [2.05, 4.69) is 32.7 Å². The van der Waals surface area contributed by atoms with Gasteiger partial charge in [0.05, 0.1) is 6.20 Å².